The van der Waals surface area contributed by atoms with Gasteiger partial charge in [0.1, 0.15) is 0 Å². The largest absolute Gasteiger partial charge is 0.324 e. The van der Waals surface area contributed by atoms with E-state index in [4.69, 9.17) is 0 Å². The highest BCUT2D eigenvalue weighted by atomic mass is 16.1. The predicted octanol–water partition coefficient (Wildman–Crippen LogP) is 3.61. The lowest BCUT2D eigenvalue weighted by Crippen LogP contribution is -2.21. The number of aromatic nitrogens is 1. The third-order valence-electron chi connectivity index (χ3n) is 3.77. The Morgan fingerprint density at radius 1 is 1.05 bits per heavy atom. The summed E-state index contributed by atoms with van der Waals surface area (Å²) in [5.74, 6) is 0.356. The Morgan fingerprint density at radius 2 is 1.74 bits per heavy atom. The number of benzene rings is 1. The van der Waals surface area contributed by atoms with Crippen LogP contribution in [-0.4, -0.2) is 10.5 Å². The van der Waals surface area contributed by atoms with E-state index in [0.717, 1.165) is 24.2 Å². The van der Waals surface area contributed by atoms with E-state index in [0.29, 0.717) is 0 Å². The average molecular weight is 254 g/mol. The SMILES string of the molecule is O=C(Nc1ccccc1-n1cccc1)C1CCCC1. The molecule has 0 aliphatic heterocycles. The van der Waals surface area contributed by atoms with Crippen LogP contribution >= 0.6 is 0 Å². The third-order valence-corrected chi connectivity index (χ3v) is 3.77. The zero-order valence-corrected chi connectivity index (χ0v) is 10.9. The van der Waals surface area contributed by atoms with Gasteiger partial charge >= 0.3 is 0 Å². The van der Waals surface area contributed by atoms with Gasteiger partial charge in [0.15, 0.2) is 0 Å². The topological polar surface area (TPSA) is 34.0 Å². The van der Waals surface area contributed by atoms with E-state index in [1.54, 1.807) is 0 Å². The molecule has 0 bridgehead atoms. The molecular formula is C16H18N2O. The Hall–Kier alpha value is -2.03. The summed E-state index contributed by atoms with van der Waals surface area (Å²) in [5, 5.41) is 3.08. The van der Waals surface area contributed by atoms with Crippen LogP contribution in [0.2, 0.25) is 0 Å². The molecule has 1 aromatic heterocycles. The van der Waals surface area contributed by atoms with Gasteiger partial charge in [-0.1, -0.05) is 25.0 Å². The minimum absolute atomic E-state index is 0.164. The number of para-hydroxylation sites is 2. The van der Waals surface area contributed by atoms with Crippen molar-refractivity contribution in [3.63, 3.8) is 0 Å². The van der Waals surface area contributed by atoms with Gasteiger partial charge in [-0.2, -0.15) is 0 Å². The molecule has 2 aromatic rings. The van der Waals surface area contributed by atoms with Crippen LogP contribution in [0.4, 0.5) is 5.69 Å². The summed E-state index contributed by atoms with van der Waals surface area (Å²) >= 11 is 0. The van der Waals surface area contributed by atoms with Crippen molar-refractivity contribution in [1.29, 1.82) is 0 Å². The molecular weight excluding hydrogens is 236 g/mol. The van der Waals surface area contributed by atoms with Crippen molar-refractivity contribution in [1.82, 2.24) is 4.57 Å². The van der Waals surface area contributed by atoms with E-state index in [-0.39, 0.29) is 11.8 Å². The van der Waals surface area contributed by atoms with Crippen LogP contribution in [0.25, 0.3) is 5.69 Å². The van der Waals surface area contributed by atoms with Crippen LogP contribution in [0, 0.1) is 5.92 Å². The molecule has 3 nitrogen and oxygen atoms in total. The van der Waals surface area contributed by atoms with E-state index < -0.39 is 0 Å². The summed E-state index contributed by atoms with van der Waals surface area (Å²) in [6.07, 6.45) is 8.38. The molecule has 19 heavy (non-hydrogen) atoms. The second-order valence-electron chi connectivity index (χ2n) is 5.08. The number of nitrogens with zero attached hydrogens (tertiary/aromatic N) is 1. The first-order chi connectivity index (χ1) is 9.34. The van der Waals surface area contributed by atoms with Gasteiger partial charge in [0.2, 0.25) is 5.91 Å². The molecule has 0 atom stereocenters. The summed E-state index contributed by atoms with van der Waals surface area (Å²) in [6.45, 7) is 0. The quantitative estimate of drug-likeness (QED) is 0.892. The van der Waals surface area contributed by atoms with E-state index in [2.05, 4.69) is 5.32 Å². The molecule has 1 fully saturated rings. The van der Waals surface area contributed by atoms with Gasteiger partial charge in [-0.05, 0) is 37.1 Å². The van der Waals surface area contributed by atoms with Gasteiger partial charge < -0.3 is 9.88 Å². The minimum atomic E-state index is 0.164. The van der Waals surface area contributed by atoms with Crippen molar-refractivity contribution in [3.8, 4) is 5.69 Å². The van der Waals surface area contributed by atoms with E-state index in [1.165, 1.54) is 12.8 Å². The lowest BCUT2D eigenvalue weighted by atomic mass is 10.1. The molecule has 0 unspecified atom stereocenters. The number of carbonyl (C=O) groups is 1. The summed E-state index contributed by atoms with van der Waals surface area (Å²) in [6, 6.07) is 11.9. The zero-order valence-electron chi connectivity index (χ0n) is 10.9. The number of amides is 1. The van der Waals surface area contributed by atoms with Gasteiger partial charge in [0.05, 0.1) is 11.4 Å². The maximum absolute atomic E-state index is 12.2. The minimum Gasteiger partial charge on any atom is -0.324 e. The number of hydrogen-bond acceptors (Lipinski definition) is 1. The Kier molecular flexibility index (Phi) is 3.36. The highest BCUT2D eigenvalue weighted by Gasteiger charge is 2.23. The second-order valence-corrected chi connectivity index (χ2v) is 5.08. The smallest absolute Gasteiger partial charge is 0.227 e. The first-order valence-electron chi connectivity index (χ1n) is 6.88. The number of anilines is 1. The number of nitrogens with one attached hydrogen (secondary N) is 1. The van der Waals surface area contributed by atoms with Gasteiger partial charge in [-0.25, -0.2) is 0 Å². The molecule has 1 aliphatic carbocycles. The molecule has 1 aromatic carbocycles. The Labute approximate surface area is 113 Å². The van der Waals surface area contributed by atoms with E-state index in [9.17, 15) is 4.79 Å². The lowest BCUT2D eigenvalue weighted by molar-refractivity contribution is -0.119. The average Bonchev–Trinajstić information content (AvgIpc) is 3.13. The summed E-state index contributed by atoms with van der Waals surface area (Å²) in [4.78, 5) is 12.2. The fraction of sp³-hybridized carbons (Fsp3) is 0.312. The van der Waals surface area contributed by atoms with Crippen molar-refractivity contribution >= 4 is 11.6 Å². The Morgan fingerprint density at radius 3 is 2.47 bits per heavy atom. The standard InChI is InChI=1S/C16H18N2O/c19-16(13-7-1-2-8-13)17-14-9-3-4-10-15(14)18-11-5-6-12-18/h3-6,9-13H,1-2,7-8H2,(H,17,19). The monoisotopic (exact) mass is 254 g/mol. The molecule has 1 N–H and O–H groups in total. The van der Waals surface area contributed by atoms with Crippen molar-refractivity contribution in [3.05, 3.63) is 48.8 Å². The van der Waals surface area contributed by atoms with Crippen LogP contribution in [0.3, 0.4) is 0 Å². The summed E-state index contributed by atoms with van der Waals surface area (Å²) < 4.78 is 2.02. The Balaban J connectivity index is 1.83. The van der Waals surface area contributed by atoms with Crippen LogP contribution in [0.1, 0.15) is 25.7 Å². The van der Waals surface area contributed by atoms with Crippen LogP contribution < -0.4 is 5.32 Å². The maximum atomic E-state index is 12.2. The summed E-state index contributed by atoms with van der Waals surface area (Å²) in [5.41, 5.74) is 1.90. The van der Waals surface area contributed by atoms with Gasteiger partial charge in [0.25, 0.3) is 0 Å². The fourth-order valence-corrected chi connectivity index (χ4v) is 2.72. The van der Waals surface area contributed by atoms with Crippen LogP contribution in [-0.2, 0) is 4.79 Å². The molecule has 0 radical (unpaired) electrons. The Bertz CT molecular complexity index is 554. The molecule has 3 heteroatoms. The van der Waals surface area contributed by atoms with Gasteiger partial charge in [-0.15, -0.1) is 0 Å². The highest BCUT2D eigenvalue weighted by molar-refractivity contribution is 5.94. The van der Waals surface area contributed by atoms with Crippen molar-refractivity contribution < 1.29 is 4.79 Å². The van der Waals surface area contributed by atoms with Gasteiger partial charge in [0, 0.05) is 18.3 Å². The number of carbonyl (C=O) groups excluding carboxylic acids is 1. The molecule has 0 spiro atoms. The van der Waals surface area contributed by atoms with Crippen molar-refractivity contribution in [2.75, 3.05) is 5.32 Å². The van der Waals surface area contributed by atoms with Crippen molar-refractivity contribution in [2.45, 2.75) is 25.7 Å². The molecule has 3 rings (SSSR count). The highest BCUT2D eigenvalue weighted by Crippen LogP contribution is 2.27. The van der Waals surface area contributed by atoms with Gasteiger partial charge in [-0.3, -0.25) is 4.79 Å². The van der Waals surface area contributed by atoms with Crippen LogP contribution in [0.5, 0.6) is 0 Å². The molecule has 1 heterocycles. The molecule has 98 valence electrons. The first kappa shape index (κ1) is 12.0. The lowest BCUT2D eigenvalue weighted by Gasteiger charge is -2.14. The van der Waals surface area contributed by atoms with Crippen molar-refractivity contribution in [2.24, 2.45) is 5.92 Å². The number of hydrogen-bond donors (Lipinski definition) is 1. The molecule has 0 saturated heterocycles. The first-order valence-corrected chi connectivity index (χ1v) is 6.88. The third kappa shape index (κ3) is 2.55. The molecule has 1 aliphatic rings. The normalized spacial score (nSPS) is 15.6. The van der Waals surface area contributed by atoms with Crippen LogP contribution in [0.15, 0.2) is 48.8 Å². The predicted molar refractivity (Wildman–Crippen MR) is 76.4 cm³/mol. The maximum Gasteiger partial charge on any atom is 0.227 e. The van der Waals surface area contributed by atoms with E-state index in [1.807, 2.05) is 53.4 Å². The molecule has 1 amide bonds. The second kappa shape index (κ2) is 5.31. The molecule has 1 saturated carbocycles. The zero-order chi connectivity index (χ0) is 13.1. The number of rotatable bonds is 3. The van der Waals surface area contributed by atoms with E-state index >= 15 is 0 Å². The summed E-state index contributed by atoms with van der Waals surface area (Å²) in [7, 11) is 0. The fourth-order valence-electron chi connectivity index (χ4n) is 2.72.